The second-order valence-corrected chi connectivity index (χ2v) is 8.71. The van der Waals surface area contributed by atoms with Crippen molar-refractivity contribution in [3.8, 4) is 11.6 Å². The van der Waals surface area contributed by atoms with Crippen LogP contribution in [0.4, 0.5) is 8.78 Å². The Hall–Kier alpha value is -3.79. The Morgan fingerprint density at radius 1 is 1.14 bits per heavy atom. The van der Waals surface area contributed by atoms with E-state index in [-0.39, 0.29) is 35.3 Å². The first-order valence-electron chi connectivity index (χ1n) is 11.0. The molecule has 0 saturated heterocycles. The van der Waals surface area contributed by atoms with Crippen LogP contribution < -0.4 is 10.1 Å². The van der Waals surface area contributed by atoms with E-state index in [0.717, 1.165) is 10.7 Å². The van der Waals surface area contributed by atoms with Gasteiger partial charge in [-0.3, -0.25) is 9.59 Å². The molecule has 0 saturated carbocycles. The highest BCUT2D eigenvalue weighted by Crippen LogP contribution is 2.25. The number of carbonyl (C=O) groups is 2. The van der Waals surface area contributed by atoms with Gasteiger partial charge in [0.05, 0.1) is 18.1 Å². The number of carboxylic acid groups (broad SMARTS) is 1. The molecular weight excluding hydrogens is 460 g/mol. The lowest BCUT2D eigenvalue weighted by molar-refractivity contribution is -0.137. The molecule has 3 rings (SSSR count). The number of aliphatic carboxylic acids is 1. The Labute approximate surface area is 201 Å². The molecule has 1 unspecified atom stereocenters. The molecule has 8 nitrogen and oxygen atoms in total. The summed E-state index contributed by atoms with van der Waals surface area (Å²) in [6.07, 6.45) is -0.496. The smallest absolute Gasteiger partial charge is 0.305 e. The van der Waals surface area contributed by atoms with Crippen LogP contribution in [0, 0.1) is 17.6 Å². The molecule has 0 spiro atoms. The van der Waals surface area contributed by atoms with E-state index < -0.39 is 41.6 Å². The van der Waals surface area contributed by atoms with Crippen LogP contribution in [0.3, 0.4) is 0 Å². The second-order valence-electron chi connectivity index (χ2n) is 8.71. The maximum Gasteiger partial charge on any atom is 0.305 e. The number of aliphatic hydroxyl groups is 1. The number of amides is 1. The van der Waals surface area contributed by atoms with E-state index in [9.17, 15) is 28.6 Å². The number of para-hydroxylation sites is 1. The van der Waals surface area contributed by atoms with Gasteiger partial charge in [-0.15, -0.1) is 0 Å². The molecule has 3 aromatic rings. The van der Waals surface area contributed by atoms with Crippen molar-refractivity contribution in [2.24, 2.45) is 5.92 Å². The molecule has 10 heteroatoms. The molecule has 1 amide bonds. The number of carboxylic acids is 1. The van der Waals surface area contributed by atoms with Crippen LogP contribution in [0.1, 0.15) is 49.3 Å². The quantitative estimate of drug-likeness (QED) is 0.400. The zero-order valence-electron chi connectivity index (χ0n) is 19.5. The number of rotatable bonds is 10. The van der Waals surface area contributed by atoms with Crippen LogP contribution in [-0.4, -0.2) is 44.1 Å². The SMILES string of the molecule is CC(C)[C@](C)(O)COc1cc(C(=O)NC(CC(=O)O)c2cccc(F)c2)nn1-c1ccccc1F. The third-order valence-electron chi connectivity index (χ3n) is 5.68. The van der Waals surface area contributed by atoms with Crippen molar-refractivity contribution in [3.05, 3.63) is 77.5 Å². The summed E-state index contributed by atoms with van der Waals surface area (Å²) < 4.78 is 35.0. The Bertz CT molecular complexity index is 1210. The van der Waals surface area contributed by atoms with E-state index in [1.54, 1.807) is 13.0 Å². The lowest BCUT2D eigenvalue weighted by Gasteiger charge is -2.27. The fraction of sp³-hybridized carbons (Fsp3) is 0.320. The number of aromatic nitrogens is 2. The van der Waals surface area contributed by atoms with Gasteiger partial charge in [0.1, 0.15) is 23.9 Å². The Morgan fingerprint density at radius 3 is 2.49 bits per heavy atom. The number of hydrogen-bond donors (Lipinski definition) is 3. The number of nitrogens with one attached hydrogen (secondary N) is 1. The first-order valence-corrected chi connectivity index (χ1v) is 11.0. The lowest BCUT2D eigenvalue weighted by atomic mass is 9.94. The van der Waals surface area contributed by atoms with Gasteiger partial charge in [-0.2, -0.15) is 9.78 Å². The number of nitrogens with zero attached hydrogens (tertiary/aromatic N) is 2. The molecule has 0 aliphatic heterocycles. The van der Waals surface area contributed by atoms with Crippen molar-refractivity contribution in [3.63, 3.8) is 0 Å². The van der Waals surface area contributed by atoms with E-state index >= 15 is 0 Å². The van der Waals surface area contributed by atoms with Crippen LogP contribution in [0.25, 0.3) is 5.69 Å². The minimum atomic E-state index is -1.21. The average molecular weight is 488 g/mol. The highest BCUT2D eigenvalue weighted by Gasteiger charge is 2.28. The molecule has 0 aliphatic carbocycles. The normalized spacial score (nSPS) is 13.8. The largest absolute Gasteiger partial charge is 0.481 e. The molecule has 2 atom stereocenters. The topological polar surface area (TPSA) is 114 Å². The molecule has 0 fully saturated rings. The molecule has 35 heavy (non-hydrogen) atoms. The van der Waals surface area contributed by atoms with Crippen LogP contribution in [0.15, 0.2) is 54.6 Å². The van der Waals surface area contributed by atoms with E-state index in [1.807, 2.05) is 13.8 Å². The van der Waals surface area contributed by atoms with Crippen LogP contribution >= 0.6 is 0 Å². The molecule has 0 radical (unpaired) electrons. The van der Waals surface area contributed by atoms with Gasteiger partial charge in [0.25, 0.3) is 5.91 Å². The van der Waals surface area contributed by atoms with Gasteiger partial charge in [-0.1, -0.05) is 38.1 Å². The van der Waals surface area contributed by atoms with E-state index in [4.69, 9.17) is 4.74 Å². The Kier molecular flexibility index (Phi) is 7.85. The highest BCUT2D eigenvalue weighted by atomic mass is 19.1. The summed E-state index contributed by atoms with van der Waals surface area (Å²) in [6.45, 7) is 5.05. The molecule has 0 bridgehead atoms. The predicted octanol–water partition coefficient (Wildman–Crippen LogP) is 3.88. The molecule has 1 aromatic heterocycles. The number of carbonyl (C=O) groups excluding carboxylic acids is 1. The summed E-state index contributed by atoms with van der Waals surface area (Å²) in [5.41, 5.74) is -1.12. The Morgan fingerprint density at radius 2 is 1.86 bits per heavy atom. The Balaban J connectivity index is 1.95. The molecular formula is C25H27F2N3O5. The number of hydrogen-bond acceptors (Lipinski definition) is 5. The zero-order valence-corrected chi connectivity index (χ0v) is 19.5. The fourth-order valence-corrected chi connectivity index (χ4v) is 3.14. The van der Waals surface area contributed by atoms with Gasteiger partial charge in [-0.25, -0.2) is 8.78 Å². The van der Waals surface area contributed by atoms with Gasteiger partial charge in [0.15, 0.2) is 5.69 Å². The zero-order chi connectivity index (χ0) is 25.8. The molecule has 0 aliphatic rings. The van der Waals surface area contributed by atoms with Crippen molar-refractivity contribution in [1.82, 2.24) is 15.1 Å². The third-order valence-corrected chi connectivity index (χ3v) is 5.68. The maximum absolute atomic E-state index is 14.5. The second kappa shape index (κ2) is 10.6. The number of ether oxygens (including phenoxy) is 1. The van der Waals surface area contributed by atoms with Gasteiger partial charge < -0.3 is 20.3 Å². The summed E-state index contributed by atoms with van der Waals surface area (Å²) in [5.74, 6) is -3.32. The maximum atomic E-state index is 14.5. The summed E-state index contributed by atoms with van der Waals surface area (Å²) in [7, 11) is 0. The molecule has 3 N–H and O–H groups in total. The summed E-state index contributed by atoms with van der Waals surface area (Å²) >= 11 is 0. The number of halogens is 2. The van der Waals surface area contributed by atoms with Gasteiger partial charge >= 0.3 is 5.97 Å². The van der Waals surface area contributed by atoms with Gasteiger partial charge in [0, 0.05) is 6.07 Å². The van der Waals surface area contributed by atoms with Crippen LogP contribution in [-0.2, 0) is 4.79 Å². The van der Waals surface area contributed by atoms with E-state index in [2.05, 4.69) is 10.4 Å². The average Bonchev–Trinajstić information content (AvgIpc) is 3.21. The lowest BCUT2D eigenvalue weighted by Crippen LogP contribution is -2.38. The van der Waals surface area contributed by atoms with Crippen LogP contribution in [0.2, 0.25) is 0 Å². The van der Waals surface area contributed by atoms with E-state index in [0.29, 0.717) is 0 Å². The van der Waals surface area contributed by atoms with Crippen molar-refractivity contribution in [1.29, 1.82) is 0 Å². The highest BCUT2D eigenvalue weighted by molar-refractivity contribution is 5.93. The first kappa shape index (κ1) is 25.8. The minimum absolute atomic E-state index is 0.00159. The van der Waals surface area contributed by atoms with Crippen molar-refractivity contribution in [2.45, 2.75) is 38.8 Å². The fourth-order valence-electron chi connectivity index (χ4n) is 3.14. The monoisotopic (exact) mass is 487 g/mol. The van der Waals surface area contributed by atoms with Crippen molar-refractivity contribution in [2.75, 3.05) is 6.61 Å². The molecule has 1 heterocycles. The van der Waals surface area contributed by atoms with E-state index in [1.165, 1.54) is 42.5 Å². The first-order chi connectivity index (χ1) is 16.5. The van der Waals surface area contributed by atoms with Gasteiger partial charge in [0.2, 0.25) is 5.88 Å². The van der Waals surface area contributed by atoms with Crippen molar-refractivity contribution < 1.29 is 33.3 Å². The predicted molar refractivity (Wildman–Crippen MR) is 123 cm³/mol. The standard InChI is InChI=1S/C25H27F2N3O5/c1-15(2)25(3,34)14-35-22-12-20(29-30(22)21-10-5-4-9-18(21)27)24(33)28-19(13-23(31)32)16-7-6-8-17(26)11-16/h4-12,15,19,34H,13-14H2,1-3H3,(H,28,33)(H,31,32)/t19?,25-/m1/s1. The summed E-state index contributed by atoms with van der Waals surface area (Å²) in [4.78, 5) is 24.4. The number of benzene rings is 2. The van der Waals surface area contributed by atoms with Gasteiger partial charge in [-0.05, 0) is 42.7 Å². The summed E-state index contributed by atoms with van der Waals surface area (Å²) in [6, 6.07) is 11.2. The van der Waals surface area contributed by atoms with Crippen molar-refractivity contribution >= 4 is 11.9 Å². The third kappa shape index (κ3) is 6.42. The molecule has 2 aromatic carbocycles. The summed E-state index contributed by atoms with van der Waals surface area (Å²) in [5, 5.41) is 26.5. The molecule has 186 valence electrons. The minimum Gasteiger partial charge on any atom is -0.481 e. The van der Waals surface area contributed by atoms with Crippen LogP contribution in [0.5, 0.6) is 5.88 Å².